The molecular formula is C30H35BrN2O2. The molecule has 3 aromatic carbocycles. The summed E-state index contributed by atoms with van der Waals surface area (Å²) in [6, 6.07) is 27.0. The zero-order chi connectivity index (χ0) is 24.6. The summed E-state index contributed by atoms with van der Waals surface area (Å²) >= 11 is 3.50. The van der Waals surface area contributed by atoms with Crippen LogP contribution in [0.5, 0.6) is 5.75 Å². The molecule has 1 aliphatic heterocycles. The Hall–Kier alpha value is -2.63. The smallest absolute Gasteiger partial charge is 0.226 e. The molecule has 4 nitrogen and oxygen atoms in total. The van der Waals surface area contributed by atoms with E-state index in [0.717, 1.165) is 54.8 Å². The maximum absolute atomic E-state index is 12.1. The summed E-state index contributed by atoms with van der Waals surface area (Å²) < 4.78 is 7.47. The molecule has 0 aliphatic carbocycles. The molecule has 1 unspecified atom stereocenters. The van der Waals surface area contributed by atoms with E-state index >= 15 is 0 Å². The third-order valence-corrected chi connectivity index (χ3v) is 7.24. The van der Waals surface area contributed by atoms with Crippen molar-refractivity contribution in [3.63, 3.8) is 0 Å². The number of carbonyl (C=O) groups excluding carboxylic acids is 1. The van der Waals surface area contributed by atoms with E-state index in [2.05, 4.69) is 68.6 Å². The lowest BCUT2D eigenvalue weighted by atomic mass is 9.89. The highest BCUT2D eigenvalue weighted by Crippen LogP contribution is 2.31. The molecule has 0 radical (unpaired) electrons. The van der Waals surface area contributed by atoms with E-state index in [1.807, 2.05) is 50.2 Å². The van der Waals surface area contributed by atoms with Gasteiger partial charge in [0, 0.05) is 29.0 Å². The SMILES string of the molecule is CC(C)C(=O)Nc1cccc(C2CCN(CCC(Oc3ccc(Br)cc3)c3ccccc3)CC2)c1. The summed E-state index contributed by atoms with van der Waals surface area (Å²) in [7, 11) is 0. The number of rotatable bonds is 9. The molecule has 5 heteroatoms. The van der Waals surface area contributed by atoms with Crippen molar-refractivity contribution in [2.45, 2.75) is 45.1 Å². The van der Waals surface area contributed by atoms with Crippen molar-refractivity contribution in [1.29, 1.82) is 0 Å². The van der Waals surface area contributed by atoms with E-state index in [9.17, 15) is 4.79 Å². The molecule has 184 valence electrons. The number of nitrogens with zero attached hydrogens (tertiary/aromatic N) is 1. The summed E-state index contributed by atoms with van der Waals surface area (Å²) in [4.78, 5) is 14.6. The van der Waals surface area contributed by atoms with Gasteiger partial charge in [0.25, 0.3) is 0 Å². The first kappa shape index (κ1) is 25.5. The minimum atomic E-state index is -0.0191. The van der Waals surface area contributed by atoms with Gasteiger partial charge in [-0.2, -0.15) is 0 Å². The molecule has 0 aromatic heterocycles. The zero-order valence-electron chi connectivity index (χ0n) is 20.6. The molecule has 4 rings (SSSR count). The number of piperidine rings is 1. The minimum absolute atomic E-state index is 0.0191. The van der Waals surface area contributed by atoms with Crippen LogP contribution >= 0.6 is 15.9 Å². The molecule has 1 N–H and O–H groups in total. The lowest BCUT2D eigenvalue weighted by Crippen LogP contribution is -2.34. The summed E-state index contributed by atoms with van der Waals surface area (Å²) in [6.07, 6.45) is 3.23. The third kappa shape index (κ3) is 7.42. The van der Waals surface area contributed by atoms with Crippen molar-refractivity contribution in [3.8, 4) is 5.75 Å². The molecule has 0 bridgehead atoms. The van der Waals surface area contributed by atoms with Crippen LogP contribution in [-0.4, -0.2) is 30.4 Å². The molecule has 1 atom stereocenters. The lowest BCUT2D eigenvalue weighted by Gasteiger charge is -2.33. The topological polar surface area (TPSA) is 41.6 Å². The Bertz CT molecular complexity index is 1080. The predicted octanol–water partition coefficient (Wildman–Crippen LogP) is 7.43. The summed E-state index contributed by atoms with van der Waals surface area (Å²) in [5.74, 6) is 1.47. The van der Waals surface area contributed by atoms with Crippen LogP contribution in [-0.2, 0) is 4.79 Å². The number of nitrogens with one attached hydrogen (secondary N) is 1. The van der Waals surface area contributed by atoms with Crippen LogP contribution in [0, 0.1) is 5.92 Å². The van der Waals surface area contributed by atoms with Crippen molar-refractivity contribution in [3.05, 3.63) is 94.5 Å². The van der Waals surface area contributed by atoms with Gasteiger partial charge in [-0.3, -0.25) is 4.79 Å². The number of hydrogen-bond donors (Lipinski definition) is 1. The Balaban J connectivity index is 1.32. The van der Waals surface area contributed by atoms with Gasteiger partial charge in [-0.15, -0.1) is 0 Å². The summed E-state index contributed by atoms with van der Waals surface area (Å²) in [6.45, 7) is 7.00. The Kier molecular flexibility index (Phi) is 9.00. The van der Waals surface area contributed by atoms with Crippen LogP contribution in [0.2, 0.25) is 0 Å². The molecule has 1 saturated heterocycles. The Labute approximate surface area is 217 Å². The van der Waals surface area contributed by atoms with Crippen LogP contribution in [0.3, 0.4) is 0 Å². The van der Waals surface area contributed by atoms with Crippen molar-refractivity contribution in [2.24, 2.45) is 5.92 Å². The van der Waals surface area contributed by atoms with Crippen molar-refractivity contribution in [2.75, 3.05) is 25.0 Å². The first-order valence-corrected chi connectivity index (χ1v) is 13.4. The van der Waals surface area contributed by atoms with Gasteiger partial charge in [0.1, 0.15) is 11.9 Å². The second kappa shape index (κ2) is 12.4. The highest BCUT2D eigenvalue weighted by molar-refractivity contribution is 9.10. The Morgan fingerprint density at radius 2 is 1.71 bits per heavy atom. The number of carbonyl (C=O) groups is 1. The fourth-order valence-corrected chi connectivity index (χ4v) is 4.85. The van der Waals surface area contributed by atoms with Gasteiger partial charge in [-0.05, 0) is 79.4 Å². The van der Waals surface area contributed by atoms with Gasteiger partial charge in [-0.1, -0.05) is 72.2 Å². The second-order valence-electron chi connectivity index (χ2n) is 9.65. The molecule has 35 heavy (non-hydrogen) atoms. The highest BCUT2D eigenvalue weighted by Gasteiger charge is 2.23. The van der Waals surface area contributed by atoms with Gasteiger partial charge in [0.05, 0.1) is 0 Å². The average Bonchev–Trinajstić information content (AvgIpc) is 2.88. The van der Waals surface area contributed by atoms with Crippen LogP contribution in [0.15, 0.2) is 83.3 Å². The standard InChI is InChI=1S/C30H35BrN2O2/c1-22(2)30(34)32-27-10-6-9-25(21-27)23-15-18-33(19-16-23)20-17-29(24-7-4-3-5-8-24)35-28-13-11-26(31)12-14-28/h3-14,21-23,29H,15-20H2,1-2H3,(H,32,34). The van der Waals surface area contributed by atoms with Crippen LogP contribution in [0.25, 0.3) is 0 Å². The molecule has 1 aliphatic rings. The maximum atomic E-state index is 12.1. The van der Waals surface area contributed by atoms with Gasteiger partial charge in [0.2, 0.25) is 5.91 Å². The number of likely N-dealkylation sites (tertiary alicyclic amines) is 1. The Morgan fingerprint density at radius 1 is 1.00 bits per heavy atom. The molecule has 1 heterocycles. The monoisotopic (exact) mass is 534 g/mol. The molecule has 1 amide bonds. The average molecular weight is 536 g/mol. The number of anilines is 1. The lowest BCUT2D eigenvalue weighted by molar-refractivity contribution is -0.118. The van der Waals surface area contributed by atoms with Crippen LogP contribution < -0.4 is 10.1 Å². The van der Waals surface area contributed by atoms with Gasteiger partial charge in [-0.25, -0.2) is 0 Å². The minimum Gasteiger partial charge on any atom is -0.486 e. The van der Waals surface area contributed by atoms with Gasteiger partial charge < -0.3 is 15.0 Å². The van der Waals surface area contributed by atoms with Crippen LogP contribution in [0.1, 0.15) is 56.3 Å². The van der Waals surface area contributed by atoms with E-state index in [4.69, 9.17) is 4.74 Å². The summed E-state index contributed by atoms with van der Waals surface area (Å²) in [5.41, 5.74) is 3.44. The van der Waals surface area contributed by atoms with Crippen molar-refractivity contribution >= 4 is 27.5 Å². The molecule has 0 saturated carbocycles. The molecule has 3 aromatic rings. The van der Waals surface area contributed by atoms with Crippen molar-refractivity contribution < 1.29 is 9.53 Å². The zero-order valence-corrected chi connectivity index (χ0v) is 22.2. The number of hydrogen-bond acceptors (Lipinski definition) is 3. The molecule has 1 fully saturated rings. The van der Waals surface area contributed by atoms with E-state index in [-0.39, 0.29) is 17.9 Å². The molecule has 0 spiro atoms. The summed E-state index contributed by atoms with van der Waals surface area (Å²) in [5, 5.41) is 3.04. The second-order valence-corrected chi connectivity index (χ2v) is 10.6. The Morgan fingerprint density at radius 3 is 2.40 bits per heavy atom. The highest BCUT2D eigenvalue weighted by atomic mass is 79.9. The molecular weight excluding hydrogens is 500 g/mol. The fraction of sp³-hybridized carbons (Fsp3) is 0.367. The van der Waals surface area contributed by atoms with Crippen molar-refractivity contribution in [1.82, 2.24) is 4.90 Å². The maximum Gasteiger partial charge on any atom is 0.226 e. The predicted molar refractivity (Wildman–Crippen MR) is 147 cm³/mol. The quantitative estimate of drug-likeness (QED) is 0.310. The largest absolute Gasteiger partial charge is 0.486 e. The normalized spacial score (nSPS) is 15.7. The number of ether oxygens (including phenoxy) is 1. The first-order chi connectivity index (χ1) is 17.0. The first-order valence-electron chi connectivity index (χ1n) is 12.6. The number of amides is 1. The van der Waals surface area contributed by atoms with E-state index < -0.39 is 0 Å². The van der Waals surface area contributed by atoms with Gasteiger partial charge >= 0.3 is 0 Å². The van der Waals surface area contributed by atoms with E-state index in [0.29, 0.717) is 5.92 Å². The van der Waals surface area contributed by atoms with Crippen LogP contribution in [0.4, 0.5) is 5.69 Å². The number of benzene rings is 3. The third-order valence-electron chi connectivity index (χ3n) is 6.71. The number of halogens is 1. The fourth-order valence-electron chi connectivity index (χ4n) is 4.59. The van der Waals surface area contributed by atoms with E-state index in [1.165, 1.54) is 11.1 Å². The van der Waals surface area contributed by atoms with Gasteiger partial charge in [0.15, 0.2) is 0 Å². The van der Waals surface area contributed by atoms with E-state index in [1.54, 1.807) is 0 Å².